The Hall–Kier alpha value is -7.39. The summed E-state index contributed by atoms with van der Waals surface area (Å²) in [6.07, 6.45) is 0. The lowest BCUT2D eigenvalue weighted by molar-refractivity contribution is 0.654. The van der Waals surface area contributed by atoms with Crippen LogP contribution in [0.4, 0.5) is 32.9 Å². The molecule has 0 saturated carbocycles. The predicted molar refractivity (Wildman–Crippen MR) is 246 cm³/mol. The quantitative estimate of drug-likeness (QED) is 0.167. The molecule has 0 unspecified atom stereocenters. The van der Waals surface area contributed by atoms with E-state index in [2.05, 4.69) is 155 Å². The van der Waals surface area contributed by atoms with E-state index in [9.17, 15) is 0 Å². The van der Waals surface area contributed by atoms with Gasteiger partial charge in [-0.3, -0.25) is 4.90 Å². The summed E-state index contributed by atoms with van der Waals surface area (Å²) >= 11 is 3.49. The van der Waals surface area contributed by atoms with Crippen molar-refractivity contribution in [1.82, 2.24) is 4.98 Å². The van der Waals surface area contributed by atoms with E-state index in [-0.39, 0.29) is 0 Å². The third kappa shape index (κ3) is 5.13. The molecule has 59 heavy (non-hydrogen) atoms. The number of hydrogen-bond donors (Lipinski definition) is 0. The van der Waals surface area contributed by atoms with Crippen molar-refractivity contribution in [2.75, 3.05) is 9.80 Å². The molecule has 0 saturated heterocycles. The molecule has 0 aliphatic heterocycles. The van der Waals surface area contributed by atoms with Crippen LogP contribution in [-0.2, 0) is 0 Å². The predicted octanol–water partition coefficient (Wildman–Crippen LogP) is 16.1. The monoisotopic (exact) mass is 795 g/mol. The van der Waals surface area contributed by atoms with E-state index in [0.717, 1.165) is 93.1 Å². The summed E-state index contributed by atoms with van der Waals surface area (Å²) in [5.41, 5.74) is 7.68. The zero-order chi connectivity index (χ0) is 38.6. The Morgan fingerprint density at radius 3 is 1.37 bits per heavy atom. The number of pyridine rings is 1. The highest BCUT2D eigenvalue weighted by Gasteiger charge is 2.23. The van der Waals surface area contributed by atoms with Crippen LogP contribution in [0.3, 0.4) is 0 Å². The van der Waals surface area contributed by atoms with Gasteiger partial charge < -0.3 is 18.2 Å². The minimum atomic E-state index is 0.572. The van der Waals surface area contributed by atoms with Crippen LogP contribution in [0.15, 0.2) is 189 Å². The first-order valence-electron chi connectivity index (χ1n) is 19.4. The maximum Gasteiger partial charge on any atom is 0.229 e. The van der Waals surface area contributed by atoms with Gasteiger partial charge in [-0.2, -0.15) is 4.98 Å². The Labute approximate surface area is 344 Å². The van der Waals surface area contributed by atoms with Crippen molar-refractivity contribution in [3.05, 3.63) is 176 Å². The van der Waals surface area contributed by atoms with E-state index in [1.807, 2.05) is 30.3 Å². The fraction of sp³-hybridized carbons (Fsp3) is 0. The van der Waals surface area contributed by atoms with Crippen molar-refractivity contribution in [2.24, 2.45) is 0 Å². The van der Waals surface area contributed by atoms with Gasteiger partial charge in [0.1, 0.15) is 43.7 Å². The van der Waals surface area contributed by atoms with Gasteiger partial charge in [-0.1, -0.05) is 72.8 Å². The van der Waals surface area contributed by atoms with Crippen LogP contribution in [0.5, 0.6) is 0 Å². The van der Waals surface area contributed by atoms with E-state index in [4.69, 9.17) is 18.2 Å². The molecule has 278 valence electrons. The van der Waals surface area contributed by atoms with Gasteiger partial charge in [0.05, 0.1) is 17.1 Å². The summed E-state index contributed by atoms with van der Waals surface area (Å²) < 4.78 is 21.9. The number of furan rings is 3. The third-order valence-corrected chi connectivity index (χ3v) is 13.5. The summed E-state index contributed by atoms with van der Waals surface area (Å²) in [5.74, 6) is 0.754. The van der Waals surface area contributed by atoms with E-state index in [1.165, 1.54) is 20.2 Å². The Bertz CT molecular complexity index is 3480. The average Bonchev–Trinajstić information content (AvgIpc) is 4.10. The number of nitrogens with zero attached hydrogens (tertiary/aromatic N) is 3. The van der Waals surface area contributed by atoms with Gasteiger partial charge in [-0.25, -0.2) is 0 Å². The Morgan fingerprint density at radius 1 is 0.356 bits per heavy atom. The lowest BCUT2D eigenvalue weighted by atomic mass is 10.1. The summed E-state index contributed by atoms with van der Waals surface area (Å²) in [6, 6.07) is 61.4. The molecule has 0 amide bonds. The van der Waals surface area contributed by atoms with Crippen molar-refractivity contribution in [1.29, 1.82) is 0 Å². The zero-order valence-electron chi connectivity index (χ0n) is 31.1. The summed E-state index contributed by atoms with van der Waals surface area (Å²) in [5, 5.41) is 10.9. The van der Waals surface area contributed by atoms with E-state index in [0.29, 0.717) is 5.71 Å². The van der Waals surface area contributed by atoms with Gasteiger partial charge in [0.25, 0.3) is 0 Å². The molecule has 0 bridgehead atoms. The maximum atomic E-state index is 6.72. The molecule has 13 rings (SSSR count). The van der Waals surface area contributed by atoms with Gasteiger partial charge >= 0.3 is 0 Å². The SMILES string of the molecule is c1ccc2sc(N(c3ccc4c(c3)oc3ccccc34)c3ccc4c(c3)oc3nc(N(c5ccc6c(c5)oc5ccccc56)c5cc6ccccc6s5)ccc34)cc2c1. The number of hydrogen-bond acceptors (Lipinski definition) is 8. The van der Waals surface area contributed by atoms with Crippen molar-refractivity contribution >= 4 is 142 Å². The molecule has 6 heterocycles. The first kappa shape index (κ1) is 32.7. The summed E-state index contributed by atoms with van der Waals surface area (Å²) in [7, 11) is 0. The molecule has 0 aliphatic carbocycles. The number of fused-ring (bicyclic) bond motifs is 11. The van der Waals surface area contributed by atoms with Crippen molar-refractivity contribution < 1.29 is 13.3 Å². The van der Waals surface area contributed by atoms with Crippen LogP contribution in [0.1, 0.15) is 0 Å². The largest absolute Gasteiger partial charge is 0.456 e. The molecule has 0 N–H and O–H groups in total. The molecule has 8 heteroatoms. The Balaban J connectivity index is 0.959. The van der Waals surface area contributed by atoms with Crippen LogP contribution in [0.2, 0.25) is 0 Å². The zero-order valence-corrected chi connectivity index (χ0v) is 32.8. The maximum absolute atomic E-state index is 6.72. The fourth-order valence-corrected chi connectivity index (χ4v) is 10.7. The lowest BCUT2D eigenvalue weighted by Gasteiger charge is -2.23. The molecule has 6 aromatic heterocycles. The van der Waals surface area contributed by atoms with Crippen LogP contribution in [0.25, 0.3) is 86.1 Å². The first-order chi connectivity index (χ1) is 29.2. The van der Waals surface area contributed by atoms with E-state index in [1.54, 1.807) is 22.7 Å². The van der Waals surface area contributed by atoms with Gasteiger partial charge in [0, 0.05) is 59.9 Å². The second-order valence-electron chi connectivity index (χ2n) is 14.8. The minimum absolute atomic E-state index is 0.572. The smallest absolute Gasteiger partial charge is 0.229 e. The number of rotatable bonds is 6. The standard InChI is InChI=1S/C51H29N3O3S2/c1-7-15-46-30(9-1)25-49(58-46)53(32-17-20-37-35-11-3-5-13-41(35)55-43(37)27-32)33-18-22-39-40-23-24-48(52-51(40)57-45(39)28-33)54(50-26-31-10-2-8-16-47(31)59-50)34-19-21-38-36-12-4-6-14-42(36)56-44(38)29-34/h1-29H. The number of thiophene rings is 2. The normalized spacial score (nSPS) is 12.1. The highest BCUT2D eigenvalue weighted by Crippen LogP contribution is 2.46. The van der Waals surface area contributed by atoms with Crippen LogP contribution < -0.4 is 9.80 Å². The second-order valence-corrected chi connectivity index (χ2v) is 16.9. The second kappa shape index (κ2) is 12.6. The molecule has 6 nitrogen and oxygen atoms in total. The summed E-state index contributed by atoms with van der Waals surface area (Å²) in [6.45, 7) is 0. The van der Waals surface area contributed by atoms with Crippen molar-refractivity contribution in [3.63, 3.8) is 0 Å². The summed E-state index contributed by atoms with van der Waals surface area (Å²) in [4.78, 5) is 9.74. The fourth-order valence-electron chi connectivity index (χ4n) is 8.54. The molecule has 0 atom stereocenters. The van der Waals surface area contributed by atoms with Gasteiger partial charge in [0.2, 0.25) is 5.71 Å². The average molecular weight is 796 g/mol. The Morgan fingerprint density at radius 2 is 0.797 bits per heavy atom. The molecule has 7 aromatic carbocycles. The molecule has 0 fully saturated rings. The highest BCUT2D eigenvalue weighted by atomic mass is 32.1. The van der Waals surface area contributed by atoms with Crippen LogP contribution >= 0.6 is 22.7 Å². The molecule has 0 spiro atoms. The van der Waals surface area contributed by atoms with E-state index < -0.39 is 0 Å². The van der Waals surface area contributed by atoms with Crippen LogP contribution in [-0.4, -0.2) is 4.98 Å². The molecular weight excluding hydrogens is 767 g/mol. The van der Waals surface area contributed by atoms with Crippen molar-refractivity contribution in [2.45, 2.75) is 0 Å². The third-order valence-electron chi connectivity index (χ3n) is 11.3. The van der Waals surface area contributed by atoms with Crippen molar-refractivity contribution in [3.8, 4) is 0 Å². The molecule has 0 aliphatic rings. The first-order valence-corrected chi connectivity index (χ1v) is 21.1. The molecule has 0 radical (unpaired) electrons. The van der Waals surface area contributed by atoms with E-state index >= 15 is 0 Å². The lowest BCUT2D eigenvalue weighted by Crippen LogP contribution is -2.09. The van der Waals surface area contributed by atoms with Gasteiger partial charge in [-0.05, 0) is 95.7 Å². The number of anilines is 6. The van der Waals surface area contributed by atoms with Gasteiger partial charge in [-0.15, -0.1) is 22.7 Å². The Kier molecular flexibility index (Phi) is 6.95. The number of para-hydroxylation sites is 2. The minimum Gasteiger partial charge on any atom is -0.456 e. The topological polar surface area (TPSA) is 58.8 Å². The number of aromatic nitrogens is 1. The van der Waals surface area contributed by atoms with Crippen LogP contribution in [0, 0.1) is 0 Å². The molecule has 13 aromatic rings. The van der Waals surface area contributed by atoms with Gasteiger partial charge in [0.15, 0.2) is 0 Å². The number of benzene rings is 7. The molecular formula is C51H29N3O3S2. The highest BCUT2D eigenvalue weighted by molar-refractivity contribution is 7.23.